The van der Waals surface area contributed by atoms with E-state index in [2.05, 4.69) is 5.32 Å². The van der Waals surface area contributed by atoms with Gasteiger partial charge < -0.3 is 24.3 Å². The number of carbonyl (C=O) groups is 2. The van der Waals surface area contributed by atoms with Crippen LogP contribution in [0, 0.1) is 0 Å². The number of aliphatic carboxylic acids is 1. The highest BCUT2D eigenvalue weighted by Gasteiger charge is 2.11. The Morgan fingerprint density at radius 3 is 2.59 bits per heavy atom. The van der Waals surface area contributed by atoms with Gasteiger partial charge in [0, 0.05) is 30.0 Å². The van der Waals surface area contributed by atoms with Gasteiger partial charge in [-0.05, 0) is 36.2 Å². The Kier molecular flexibility index (Phi) is 6.73. The quantitative estimate of drug-likeness (QED) is 0.508. The molecule has 3 aromatic rings. The third kappa shape index (κ3) is 5.75. The SMILES string of the molecule is COc1ccc2c(CC(=O)NCc3ccc(OCCCC(=O)O)cc3)coc2c1. The van der Waals surface area contributed by atoms with E-state index in [0.29, 0.717) is 36.7 Å². The smallest absolute Gasteiger partial charge is 0.303 e. The second kappa shape index (κ2) is 9.64. The van der Waals surface area contributed by atoms with Crippen LogP contribution in [0.3, 0.4) is 0 Å². The van der Waals surface area contributed by atoms with Gasteiger partial charge in [0.1, 0.15) is 17.1 Å². The Morgan fingerprint density at radius 2 is 1.86 bits per heavy atom. The molecule has 0 saturated carbocycles. The Morgan fingerprint density at radius 1 is 1.10 bits per heavy atom. The van der Waals surface area contributed by atoms with E-state index in [1.165, 1.54) is 0 Å². The third-order valence-corrected chi connectivity index (χ3v) is 4.43. The number of furan rings is 1. The molecule has 0 aliphatic heterocycles. The van der Waals surface area contributed by atoms with Gasteiger partial charge in [-0.25, -0.2) is 0 Å². The molecular weight excluding hydrogens is 374 g/mol. The first-order chi connectivity index (χ1) is 14.0. The maximum absolute atomic E-state index is 12.3. The van der Waals surface area contributed by atoms with Crippen molar-refractivity contribution in [1.82, 2.24) is 5.32 Å². The minimum Gasteiger partial charge on any atom is -0.497 e. The summed E-state index contributed by atoms with van der Waals surface area (Å²) >= 11 is 0. The Balaban J connectivity index is 1.47. The predicted octanol–water partition coefficient (Wildman–Crippen LogP) is 3.54. The fraction of sp³-hybridized carbons (Fsp3) is 0.273. The molecule has 0 aliphatic carbocycles. The number of carboxylic acids is 1. The van der Waals surface area contributed by atoms with Crippen LogP contribution in [0.2, 0.25) is 0 Å². The normalized spacial score (nSPS) is 10.7. The largest absolute Gasteiger partial charge is 0.497 e. The molecule has 1 heterocycles. The van der Waals surface area contributed by atoms with Crippen LogP contribution < -0.4 is 14.8 Å². The van der Waals surface area contributed by atoms with Crippen molar-refractivity contribution in [2.75, 3.05) is 13.7 Å². The zero-order valence-electron chi connectivity index (χ0n) is 16.1. The molecule has 7 heteroatoms. The monoisotopic (exact) mass is 397 g/mol. The van der Waals surface area contributed by atoms with Crippen LogP contribution in [0.15, 0.2) is 53.1 Å². The van der Waals surface area contributed by atoms with Gasteiger partial charge in [0.15, 0.2) is 0 Å². The highest BCUT2D eigenvalue weighted by Crippen LogP contribution is 2.25. The lowest BCUT2D eigenvalue weighted by molar-refractivity contribution is -0.137. The number of nitrogens with one attached hydrogen (secondary N) is 1. The first-order valence-electron chi connectivity index (χ1n) is 9.29. The Bertz CT molecular complexity index is 977. The van der Waals surface area contributed by atoms with Crippen molar-refractivity contribution in [3.63, 3.8) is 0 Å². The molecule has 0 aliphatic rings. The highest BCUT2D eigenvalue weighted by molar-refractivity contribution is 5.88. The zero-order chi connectivity index (χ0) is 20.6. The maximum atomic E-state index is 12.3. The molecule has 1 amide bonds. The molecule has 0 bridgehead atoms. The fourth-order valence-electron chi connectivity index (χ4n) is 2.88. The Labute approximate surface area is 168 Å². The number of carbonyl (C=O) groups excluding carboxylic acids is 1. The minimum absolute atomic E-state index is 0.0869. The molecular formula is C22H23NO6. The van der Waals surface area contributed by atoms with Crippen molar-refractivity contribution in [3.8, 4) is 11.5 Å². The lowest BCUT2D eigenvalue weighted by atomic mass is 10.1. The molecule has 3 rings (SSSR count). The third-order valence-electron chi connectivity index (χ3n) is 4.43. The maximum Gasteiger partial charge on any atom is 0.303 e. The van der Waals surface area contributed by atoms with E-state index in [1.807, 2.05) is 24.3 Å². The number of amides is 1. The van der Waals surface area contributed by atoms with Gasteiger partial charge >= 0.3 is 5.97 Å². The van der Waals surface area contributed by atoms with Crippen LogP contribution in [0.25, 0.3) is 11.0 Å². The number of ether oxygens (including phenoxy) is 2. The van der Waals surface area contributed by atoms with Crippen molar-refractivity contribution < 1.29 is 28.6 Å². The van der Waals surface area contributed by atoms with Crippen LogP contribution in [-0.4, -0.2) is 30.7 Å². The molecule has 29 heavy (non-hydrogen) atoms. The van der Waals surface area contributed by atoms with Crippen LogP contribution in [0.5, 0.6) is 11.5 Å². The van der Waals surface area contributed by atoms with E-state index in [4.69, 9.17) is 19.0 Å². The summed E-state index contributed by atoms with van der Waals surface area (Å²) in [5.74, 6) is 0.447. The summed E-state index contributed by atoms with van der Waals surface area (Å²) in [6, 6.07) is 12.9. The van der Waals surface area contributed by atoms with Crippen molar-refractivity contribution >= 4 is 22.8 Å². The summed E-state index contributed by atoms with van der Waals surface area (Å²) in [4.78, 5) is 22.8. The molecule has 0 fully saturated rings. The summed E-state index contributed by atoms with van der Waals surface area (Å²) in [5, 5.41) is 12.4. The summed E-state index contributed by atoms with van der Waals surface area (Å²) in [5.41, 5.74) is 2.45. The van der Waals surface area contributed by atoms with Crippen molar-refractivity contribution in [1.29, 1.82) is 0 Å². The lowest BCUT2D eigenvalue weighted by Crippen LogP contribution is -2.24. The first kappa shape index (κ1) is 20.3. The summed E-state index contributed by atoms with van der Waals surface area (Å²) < 4.78 is 16.2. The molecule has 152 valence electrons. The van der Waals surface area contributed by atoms with E-state index in [-0.39, 0.29) is 18.7 Å². The lowest BCUT2D eigenvalue weighted by Gasteiger charge is -2.08. The summed E-state index contributed by atoms with van der Waals surface area (Å²) in [6.45, 7) is 0.759. The summed E-state index contributed by atoms with van der Waals surface area (Å²) in [7, 11) is 1.59. The second-order valence-electron chi connectivity index (χ2n) is 6.57. The van der Waals surface area contributed by atoms with Crippen molar-refractivity contribution in [3.05, 3.63) is 59.9 Å². The molecule has 0 unspecified atom stereocenters. The molecule has 1 aromatic heterocycles. The fourth-order valence-corrected chi connectivity index (χ4v) is 2.88. The molecule has 7 nitrogen and oxygen atoms in total. The number of benzene rings is 2. The van der Waals surface area contributed by atoms with E-state index in [0.717, 1.165) is 16.5 Å². The topological polar surface area (TPSA) is 98.0 Å². The van der Waals surface area contributed by atoms with Gasteiger partial charge in [0.25, 0.3) is 0 Å². The number of fused-ring (bicyclic) bond motifs is 1. The number of hydrogen-bond acceptors (Lipinski definition) is 5. The van der Waals surface area contributed by atoms with Crippen LogP contribution in [0.1, 0.15) is 24.0 Å². The van der Waals surface area contributed by atoms with E-state index in [1.54, 1.807) is 31.6 Å². The average Bonchev–Trinajstić information content (AvgIpc) is 3.12. The van der Waals surface area contributed by atoms with Gasteiger partial charge in [-0.3, -0.25) is 9.59 Å². The summed E-state index contributed by atoms with van der Waals surface area (Å²) in [6.07, 6.45) is 2.37. The molecule has 0 radical (unpaired) electrons. The molecule has 0 atom stereocenters. The first-order valence-corrected chi connectivity index (χ1v) is 9.29. The van der Waals surface area contributed by atoms with Crippen LogP contribution >= 0.6 is 0 Å². The number of methoxy groups -OCH3 is 1. The minimum atomic E-state index is -0.831. The number of carboxylic acid groups (broad SMARTS) is 1. The molecule has 0 saturated heterocycles. The van der Waals surface area contributed by atoms with E-state index >= 15 is 0 Å². The van der Waals surface area contributed by atoms with Crippen molar-refractivity contribution in [2.45, 2.75) is 25.8 Å². The van der Waals surface area contributed by atoms with Gasteiger partial charge in [0.2, 0.25) is 5.91 Å². The van der Waals surface area contributed by atoms with Crippen LogP contribution in [0.4, 0.5) is 0 Å². The second-order valence-corrected chi connectivity index (χ2v) is 6.57. The molecule has 0 spiro atoms. The van der Waals surface area contributed by atoms with Gasteiger partial charge in [-0.2, -0.15) is 0 Å². The highest BCUT2D eigenvalue weighted by atomic mass is 16.5. The molecule has 2 aromatic carbocycles. The van der Waals surface area contributed by atoms with Gasteiger partial charge in [0.05, 0.1) is 26.4 Å². The van der Waals surface area contributed by atoms with Crippen molar-refractivity contribution in [2.24, 2.45) is 0 Å². The predicted molar refractivity (Wildman–Crippen MR) is 107 cm³/mol. The van der Waals surface area contributed by atoms with Gasteiger partial charge in [-0.15, -0.1) is 0 Å². The average molecular weight is 397 g/mol. The van der Waals surface area contributed by atoms with Gasteiger partial charge in [-0.1, -0.05) is 12.1 Å². The zero-order valence-corrected chi connectivity index (χ0v) is 16.1. The van der Waals surface area contributed by atoms with E-state index in [9.17, 15) is 9.59 Å². The number of rotatable bonds is 10. The standard InChI is InChI=1S/C22H23NO6/c1-27-18-8-9-19-16(14-29-20(19)12-18)11-21(24)23-13-15-4-6-17(7-5-15)28-10-2-3-22(25)26/h4-9,12,14H,2-3,10-11,13H2,1H3,(H,23,24)(H,25,26). The molecule has 2 N–H and O–H groups in total. The number of hydrogen-bond donors (Lipinski definition) is 2. The van der Waals surface area contributed by atoms with E-state index < -0.39 is 5.97 Å². The van der Waals surface area contributed by atoms with Crippen LogP contribution in [-0.2, 0) is 22.6 Å². The Hall–Kier alpha value is -3.48.